The van der Waals surface area contributed by atoms with E-state index in [1.165, 1.54) is 60.9 Å². The smallest absolute Gasteiger partial charge is 0.0972 e. The summed E-state index contributed by atoms with van der Waals surface area (Å²) in [6.07, 6.45) is 1.85. The molecule has 9 aromatic rings. The molecule has 6 aromatic carbocycles. The van der Waals surface area contributed by atoms with E-state index >= 15 is 0 Å². The van der Waals surface area contributed by atoms with E-state index in [-0.39, 0.29) is 0 Å². The van der Waals surface area contributed by atoms with E-state index in [2.05, 4.69) is 144 Å². The van der Waals surface area contributed by atoms with Crippen LogP contribution in [0.5, 0.6) is 0 Å². The largest absolute Gasteiger partial charge is 0.309 e. The lowest BCUT2D eigenvalue weighted by Crippen LogP contribution is -2.33. The summed E-state index contributed by atoms with van der Waals surface area (Å²) in [6.45, 7) is 0. The van der Waals surface area contributed by atoms with E-state index in [1.54, 1.807) is 0 Å². The van der Waals surface area contributed by atoms with Crippen LogP contribution < -0.4 is 0 Å². The molecule has 3 aromatic heterocycles. The Kier molecular flexibility index (Phi) is 4.52. The minimum atomic E-state index is -0.479. The van der Waals surface area contributed by atoms with Gasteiger partial charge in [0.15, 0.2) is 0 Å². The average molecular weight is 584 g/mol. The van der Waals surface area contributed by atoms with E-state index in [4.69, 9.17) is 9.97 Å². The van der Waals surface area contributed by atoms with E-state index in [9.17, 15) is 0 Å². The van der Waals surface area contributed by atoms with Crippen LogP contribution in [0.25, 0.3) is 71.7 Å². The van der Waals surface area contributed by atoms with Crippen LogP contribution >= 0.6 is 0 Å². The van der Waals surface area contributed by atoms with Crippen LogP contribution in [0.3, 0.4) is 0 Å². The minimum Gasteiger partial charge on any atom is -0.309 e. The Balaban J connectivity index is 1.30. The summed E-state index contributed by atoms with van der Waals surface area (Å²) < 4.78 is 2.50. The molecular weight excluding hydrogens is 558 g/mol. The molecule has 3 heteroatoms. The summed E-state index contributed by atoms with van der Waals surface area (Å²) in [5.74, 6) is 0. The fourth-order valence-corrected chi connectivity index (χ4v) is 8.61. The van der Waals surface area contributed by atoms with Gasteiger partial charge in [-0.05, 0) is 63.7 Å². The Morgan fingerprint density at radius 3 is 2.04 bits per heavy atom. The van der Waals surface area contributed by atoms with Gasteiger partial charge in [-0.15, -0.1) is 0 Å². The Morgan fingerprint density at radius 1 is 0.500 bits per heavy atom. The van der Waals surface area contributed by atoms with Gasteiger partial charge in [-0.1, -0.05) is 115 Å². The third-order valence-corrected chi connectivity index (χ3v) is 10.4. The zero-order valence-electron chi connectivity index (χ0n) is 24.8. The lowest BCUT2D eigenvalue weighted by molar-refractivity contribution is 0.749. The van der Waals surface area contributed by atoms with E-state index in [0.717, 1.165) is 33.1 Å². The fraction of sp³-hybridized carbons (Fsp3) is 0.0233. The van der Waals surface area contributed by atoms with Crippen molar-refractivity contribution in [1.29, 1.82) is 0 Å². The van der Waals surface area contributed by atoms with Crippen LogP contribution in [-0.4, -0.2) is 14.5 Å². The SMILES string of the molecule is c1ccc2c(c1)-c1ccccc1C21c2cc(-c3ccc4ccc5cccnc5c4n3)ccc2-n2c3ccccc3c3cccc1c32. The van der Waals surface area contributed by atoms with Crippen molar-refractivity contribution in [2.24, 2.45) is 0 Å². The van der Waals surface area contributed by atoms with Gasteiger partial charge < -0.3 is 4.57 Å². The highest BCUT2D eigenvalue weighted by atomic mass is 15.0. The molecule has 3 nitrogen and oxygen atoms in total. The summed E-state index contributed by atoms with van der Waals surface area (Å²) in [7, 11) is 0. The van der Waals surface area contributed by atoms with Gasteiger partial charge in [-0.3, -0.25) is 4.98 Å². The van der Waals surface area contributed by atoms with Gasteiger partial charge in [0, 0.05) is 33.3 Å². The normalized spacial score (nSPS) is 13.8. The second kappa shape index (κ2) is 8.56. The van der Waals surface area contributed by atoms with Crippen molar-refractivity contribution in [3.05, 3.63) is 174 Å². The number of pyridine rings is 2. The fourth-order valence-electron chi connectivity index (χ4n) is 8.61. The number of hydrogen-bond acceptors (Lipinski definition) is 2. The van der Waals surface area contributed by atoms with Crippen molar-refractivity contribution in [3.63, 3.8) is 0 Å². The number of rotatable bonds is 1. The molecule has 0 unspecified atom stereocenters. The lowest BCUT2D eigenvalue weighted by atomic mass is 9.65. The van der Waals surface area contributed by atoms with Gasteiger partial charge in [0.05, 0.1) is 38.9 Å². The standard InChI is InChI=1S/C43H25N3/c1-4-14-33-29(10-1)30-11-2-5-15-34(30)43(33)35-16-7-13-32-31-12-3-6-17-38(31)46(42(32)35)39-23-21-28(25-36(39)43)37-22-20-27-19-18-26-9-8-24-44-40(26)41(27)45-37/h1-25H. The van der Waals surface area contributed by atoms with Crippen LogP contribution in [0.4, 0.5) is 0 Å². The van der Waals surface area contributed by atoms with Crippen LogP contribution in [0.2, 0.25) is 0 Å². The molecule has 0 fully saturated rings. The highest BCUT2D eigenvalue weighted by Gasteiger charge is 2.50. The lowest BCUT2D eigenvalue weighted by Gasteiger charge is -2.39. The topological polar surface area (TPSA) is 30.7 Å². The molecular formula is C43H25N3. The molecule has 2 aliphatic rings. The second-order valence-electron chi connectivity index (χ2n) is 12.5. The summed E-state index contributed by atoms with van der Waals surface area (Å²) in [6, 6.07) is 53.4. The summed E-state index contributed by atoms with van der Waals surface area (Å²) in [5, 5.41) is 4.77. The minimum absolute atomic E-state index is 0.479. The van der Waals surface area contributed by atoms with Gasteiger partial charge in [0.1, 0.15) is 0 Å². The Morgan fingerprint density at radius 2 is 1.20 bits per heavy atom. The van der Waals surface area contributed by atoms with Crippen molar-refractivity contribution in [3.8, 4) is 28.1 Å². The molecule has 0 bridgehead atoms. The quantitative estimate of drug-likeness (QED) is 0.180. The van der Waals surface area contributed by atoms with Crippen LogP contribution in [-0.2, 0) is 5.41 Å². The summed E-state index contributed by atoms with van der Waals surface area (Å²) in [4.78, 5) is 10.0. The maximum atomic E-state index is 5.28. The van der Waals surface area contributed by atoms with Crippen molar-refractivity contribution in [2.75, 3.05) is 0 Å². The van der Waals surface area contributed by atoms with Crippen molar-refractivity contribution in [1.82, 2.24) is 14.5 Å². The molecule has 1 aliphatic heterocycles. The third kappa shape index (κ3) is 2.84. The molecule has 0 saturated heterocycles. The van der Waals surface area contributed by atoms with Gasteiger partial charge >= 0.3 is 0 Å². The Hall–Kier alpha value is -6.06. The van der Waals surface area contributed by atoms with Crippen molar-refractivity contribution < 1.29 is 0 Å². The molecule has 0 radical (unpaired) electrons. The van der Waals surface area contributed by atoms with Crippen LogP contribution in [0, 0.1) is 0 Å². The maximum Gasteiger partial charge on any atom is 0.0972 e. The number of hydrogen-bond donors (Lipinski definition) is 0. The number of para-hydroxylation sites is 2. The molecule has 1 spiro atoms. The molecule has 0 saturated carbocycles. The Labute approximate surface area is 265 Å². The van der Waals surface area contributed by atoms with Gasteiger partial charge in [0.2, 0.25) is 0 Å². The molecule has 46 heavy (non-hydrogen) atoms. The zero-order chi connectivity index (χ0) is 30.0. The first kappa shape index (κ1) is 24.3. The molecule has 1 aliphatic carbocycles. The van der Waals surface area contributed by atoms with Crippen LogP contribution in [0.15, 0.2) is 152 Å². The first-order chi connectivity index (χ1) is 22.8. The second-order valence-corrected chi connectivity index (χ2v) is 12.5. The molecule has 0 amide bonds. The number of benzene rings is 6. The highest BCUT2D eigenvalue weighted by molar-refractivity contribution is 6.13. The van der Waals surface area contributed by atoms with Gasteiger partial charge in [0.25, 0.3) is 0 Å². The average Bonchev–Trinajstić information content (AvgIpc) is 3.62. The van der Waals surface area contributed by atoms with Crippen LogP contribution in [0.1, 0.15) is 22.3 Å². The number of aromatic nitrogens is 3. The maximum absolute atomic E-state index is 5.28. The van der Waals surface area contributed by atoms with E-state index in [1.807, 2.05) is 12.3 Å². The highest BCUT2D eigenvalue weighted by Crippen LogP contribution is 2.61. The van der Waals surface area contributed by atoms with E-state index < -0.39 is 5.41 Å². The summed E-state index contributed by atoms with van der Waals surface area (Å²) >= 11 is 0. The third-order valence-electron chi connectivity index (χ3n) is 10.4. The molecule has 4 heterocycles. The zero-order valence-corrected chi connectivity index (χ0v) is 24.8. The van der Waals surface area contributed by atoms with E-state index in [0.29, 0.717) is 0 Å². The molecule has 11 rings (SSSR count). The number of nitrogens with zero attached hydrogens (tertiary/aromatic N) is 3. The first-order valence-corrected chi connectivity index (χ1v) is 15.8. The van der Waals surface area contributed by atoms with Gasteiger partial charge in [-0.2, -0.15) is 0 Å². The van der Waals surface area contributed by atoms with Gasteiger partial charge in [-0.25, -0.2) is 4.98 Å². The Bertz CT molecular complexity index is 2720. The predicted octanol–water partition coefficient (Wildman–Crippen LogP) is 10.2. The monoisotopic (exact) mass is 583 g/mol. The predicted molar refractivity (Wildman–Crippen MR) is 188 cm³/mol. The molecule has 0 atom stereocenters. The molecule has 212 valence electrons. The van der Waals surface area contributed by atoms with Crippen molar-refractivity contribution in [2.45, 2.75) is 5.41 Å². The first-order valence-electron chi connectivity index (χ1n) is 15.8. The molecule has 0 N–H and O–H groups in total. The summed E-state index contributed by atoms with van der Waals surface area (Å²) in [5.41, 5.74) is 15.1. The van der Waals surface area contributed by atoms with Crippen molar-refractivity contribution >= 4 is 43.6 Å². The number of fused-ring (bicyclic) bond motifs is 15.